The van der Waals surface area contributed by atoms with E-state index in [0.717, 1.165) is 25.5 Å². The van der Waals surface area contributed by atoms with Gasteiger partial charge in [-0.15, -0.1) is 0 Å². The van der Waals surface area contributed by atoms with Crippen LogP contribution >= 0.6 is 0 Å². The van der Waals surface area contributed by atoms with Crippen LogP contribution in [0.15, 0.2) is 12.2 Å². The first-order valence-electron chi connectivity index (χ1n) is 4.99. The van der Waals surface area contributed by atoms with Crippen molar-refractivity contribution in [1.29, 1.82) is 0 Å². The van der Waals surface area contributed by atoms with Gasteiger partial charge in [0.1, 0.15) is 6.29 Å². The van der Waals surface area contributed by atoms with Crippen molar-refractivity contribution >= 4 is 6.29 Å². The Bertz CT molecular complexity index is 109. The maximum absolute atomic E-state index is 9.68. The van der Waals surface area contributed by atoms with Crippen molar-refractivity contribution in [1.82, 2.24) is 0 Å². The summed E-state index contributed by atoms with van der Waals surface area (Å²) in [6.07, 6.45) is 9.84. The number of aliphatic hydroxyl groups is 1. The number of aliphatic hydroxyl groups excluding tert-OH is 1. The summed E-state index contributed by atoms with van der Waals surface area (Å²) in [5, 5.41) is 8.15. The minimum atomic E-state index is 0.268. The second-order valence-corrected chi connectivity index (χ2v) is 2.74. The highest BCUT2D eigenvalue weighted by Crippen LogP contribution is 1.94. The molecule has 2 heteroatoms. The molecule has 0 aliphatic heterocycles. The zero-order valence-electron chi connectivity index (χ0n) is 8.83. The molecule has 0 saturated carbocycles. The van der Waals surface area contributed by atoms with Crippen molar-refractivity contribution in [2.75, 3.05) is 6.61 Å². The predicted molar refractivity (Wildman–Crippen MR) is 56.7 cm³/mol. The topological polar surface area (TPSA) is 37.3 Å². The molecule has 1 N–H and O–H groups in total. The smallest absolute Gasteiger partial charge is 0.119 e. The third-order valence-corrected chi connectivity index (χ3v) is 1.46. The monoisotopic (exact) mass is 186 g/mol. The highest BCUT2D eigenvalue weighted by atomic mass is 16.2. The van der Waals surface area contributed by atoms with E-state index in [1.54, 1.807) is 0 Å². The quantitative estimate of drug-likeness (QED) is 0.393. The predicted octanol–water partition coefficient (Wildman–Crippen LogP) is 2.71. The van der Waals surface area contributed by atoms with E-state index in [1.165, 1.54) is 12.8 Å². The van der Waals surface area contributed by atoms with Crippen LogP contribution < -0.4 is 0 Å². The largest absolute Gasteiger partial charge is 0.396 e. The Hall–Kier alpha value is -0.630. The Morgan fingerprint density at radius 2 is 1.92 bits per heavy atom. The van der Waals surface area contributed by atoms with Gasteiger partial charge in [0.05, 0.1) is 0 Å². The lowest BCUT2D eigenvalue weighted by Gasteiger charge is -1.85. The van der Waals surface area contributed by atoms with Crippen molar-refractivity contribution < 1.29 is 9.90 Å². The third-order valence-electron chi connectivity index (χ3n) is 1.46. The van der Waals surface area contributed by atoms with Crippen molar-refractivity contribution in [2.45, 2.75) is 46.0 Å². The number of hydrogen-bond donors (Lipinski definition) is 1. The number of hydrogen-bond acceptors (Lipinski definition) is 2. The molecule has 0 unspecified atom stereocenters. The van der Waals surface area contributed by atoms with E-state index < -0.39 is 0 Å². The summed E-state index contributed by atoms with van der Waals surface area (Å²) in [5.74, 6) is 0. The molecule has 78 valence electrons. The number of rotatable bonds is 6. The zero-order valence-corrected chi connectivity index (χ0v) is 8.83. The van der Waals surface area contributed by atoms with Crippen molar-refractivity contribution in [3.8, 4) is 0 Å². The number of unbranched alkanes of at least 4 members (excludes halogenated alkanes) is 3. The van der Waals surface area contributed by atoms with Gasteiger partial charge in [-0.05, 0) is 19.8 Å². The molecule has 2 nitrogen and oxygen atoms in total. The number of carbonyl (C=O) groups is 1. The van der Waals surface area contributed by atoms with Gasteiger partial charge in [-0.3, -0.25) is 0 Å². The zero-order chi connectivity index (χ0) is 10.4. The first-order valence-corrected chi connectivity index (χ1v) is 4.99. The van der Waals surface area contributed by atoms with Gasteiger partial charge in [0.15, 0.2) is 0 Å². The Kier molecular flexibility index (Phi) is 20.0. The van der Waals surface area contributed by atoms with Crippen molar-refractivity contribution in [3.05, 3.63) is 12.2 Å². The minimum absolute atomic E-state index is 0.268. The van der Waals surface area contributed by atoms with Crippen LogP contribution in [0.3, 0.4) is 0 Å². The average Bonchev–Trinajstić information content (AvgIpc) is 2.17. The van der Waals surface area contributed by atoms with Crippen molar-refractivity contribution in [2.24, 2.45) is 0 Å². The molecule has 0 aliphatic rings. The SMILES string of the molecule is C/C=C/CCO.CCCCCC=O. The van der Waals surface area contributed by atoms with Crippen LogP contribution in [-0.2, 0) is 4.79 Å². The van der Waals surface area contributed by atoms with Crippen LogP contribution in [0.5, 0.6) is 0 Å². The molecule has 0 spiro atoms. The van der Waals surface area contributed by atoms with Crippen LogP contribution in [0.1, 0.15) is 46.0 Å². The fraction of sp³-hybridized carbons (Fsp3) is 0.727. The molecule has 0 radical (unpaired) electrons. The second kappa shape index (κ2) is 17.5. The summed E-state index contributed by atoms with van der Waals surface area (Å²) in [6.45, 7) is 4.34. The van der Waals surface area contributed by atoms with Crippen molar-refractivity contribution in [3.63, 3.8) is 0 Å². The summed E-state index contributed by atoms with van der Waals surface area (Å²) in [5.41, 5.74) is 0. The molecule has 0 aromatic heterocycles. The second-order valence-electron chi connectivity index (χ2n) is 2.74. The molecule has 0 fully saturated rings. The number of allylic oxidation sites excluding steroid dienone is 1. The molecule has 0 heterocycles. The molecule has 0 rings (SSSR count). The number of carbonyl (C=O) groups excluding carboxylic acids is 1. The molecular weight excluding hydrogens is 164 g/mol. The summed E-state index contributed by atoms with van der Waals surface area (Å²) in [4.78, 5) is 9.68. The van der Waals surface area contributed by atoms with E-state index >= 15 is 0 Å². The van der Waals surface area contributed by atoms with E-state index in [2.05, 4.69) is 6.92 Å². The summed E-state index contributed by atoms with van der Waals surface area (Å²) in [6, 6.07) is 0. The first-order chi connectivity index (χ1) is 6.33. The fourth-order valence-electron chi connectivity index (χ4n) is 0.719. The molecule has 0 atom stereocenters. The number of aldehydes is 1. The van der Waals surface area contributed by atoms with Crippen LogP contribution in [0.4, 0.5) is 0 Å². The van der Waals surface area contributed by atoms with E-state index in [4.69, 9.17) is 5.11 Å². The van der Waals surface area contributed by atoms with E-state index in [1.807, 2.05) is 19.1 Å². The van der Waals surface area contributed by atoms with Crippen LogP contribution in [-0.4, -0.2) is 18.0 Å². The lowest BCUT2D eigenvalue weighted by molar-refractivity contribution is -0.107. The Labute approximate surface area is 81.7 Å². The van der Waals surface area contributed by atoms with Gasteiger partial charge in [0.25, 0.3) is 0 Å². The highest BCUT2D eigenvalue weighted by Gasteiger charge is 1.80. The molecule has 0 aromatic carbocycles. The molecule has 0 aromatic rings. The van der Waals surface area contributed by atoms with E-state index in [-0.39, 0.29) is 6.61 Å². The molecule has 0 bridgehead atoms. The summed E-state index contributed by atoms with van der Waals surface area (Å²) in [7, 11) is 0. The third kappa shape index (κ3) is 24.6. The van der Waals surface area contributed by atoms with Gasteiger partial charge < -0.3 is 9.90 Å². The highest BCUT2D eigenvalue weighted by molar-refractivity contribution is 5.48. The van der Waals surface area contributed by atoms with Gasteiger partial charge >= 0.3 is 0 Å². The molecule has 0 amide bonds. The molecular formula is C11H22O2. The maximum Gasteiger partial charge on any atom is 0.119 e. The lowest BCUT2D eigenvalue weighted by Crippen LogP contribution is -1.73. The Balaban J connectivity index is 0. The normalized spacial score (nSPS) is 9.46. The lowest BCUT2D eigenvalue weighted by atomic mass is 10.2. The Morgan fingerprint density at radius 3 is 2.23 bits per heavy atom. The Morgan fingerprint density at radius 1 is 1.23 bits per heavy atom. The minimum Gasteiger partial charge on any atom is -0.396 e. The van der Waals surface area contributed by atoms with E-state index in [9.17, 15) is 4.79 Å². The maximum atomic E-state index is 9.68. The van der Waals surface area contributed by atoms with Crippen LogP contribution in [0.25, 0.3) is 0 Å². The molecule has 13 heavy (non-hydrogen) atoms. The fourth-order valence-corrected chi connectivity index (χ4v) is 0.719. The first kappa shape index (κ1) is 14.9. The van der Waals surface area contributed by atoms with Crippen LogP contribution in [0.2, 0.25) is 0 Å². The summed E-state index contributed by atoms with van der Waals surface area (Å²) >= 11 is 0. The van der Waals surface area contributed by atoms with Gasteiger partial charge in [0, 0.05) is 13.0 Å². The summed E-state index contributed by atoms with van der Waals surface area (Å²) < 4.78 is 0. The van der Waals surface area contributed by atoms with Gasteiger partial charge in [-0.1, -0.05) is 31.9 Å². The van der Waals surface area contributed by atoms with Gasteiger partial charge in [-0.2, -0.15) is 0 Å². The average molecular weight is 186 g/mol. The molecule has 0 saturated heterocycles. The molecule has 0 aliphatic carbocycles. The van der Waals surface area contributed by atoms with Crippen LogP contribution in [0, 0.1) is 0 Å². The van der Waals surface area contributed by atoms with E-state index in [0.29, 0.717) is 0 Å². The standard InChI is InChI=1S/C6H12O.C5H10O/c1-2-3-4-5-6-7;1-2-3-4-5-6/h6H,2-5H2,1H3;2-3,6H,4-5H2,1H3/b;3-2+. The van der Waals surface area contributed by atoms with Gasteiger partial charge in [-0.25, -0.2) is 0 Å². The van der Waals surface area contributed by atoms with Gasteiger partial charge in [0.2, 0.25) is 0 Å².